The van der Waals surface area contributed by atoms with E-state index in [0.29, 0.717) is 23.8 Å². The fourth-order valence-corrected chi connectivity index (χ4v) is 1.06. The quantitative estimate of drug-likeness (QED) is 0.728. The molecule has 0 saturated carbocycles. The Hall–Kier alpha value is -2.49. The number of pyridine rings is 1. The SMILES string of the molecule is N#Cc1cccnc1NCc1nn[nH]n1. The largest absolute Gasteiger partial charge is 0.362 e. The van der Waals surface area contributed by atoms with Crippen molar-refractivity contribution in [2.24, 2.45) is 0 Å². The summed E-state index contributed by atoms with van der Waals surface area (Å²) >= 11 is 0. The summed E-state index contributed by atoms with van der Waals surface area (Å²) in [5, 5.41) is 25.0. The Kier molecular flexibility index (Phi) is 2.51. The molecule has 2 aromatic heterocycles. The number of hydrogen-bond donors (Lipinski definition) is 2. The van der Waals surface area contributed by atoms with Crippen LogP contribution >= 0.6 is 0 Å². The molecule has 0 aliphatic heterocycles. The number of anilines is 1. The number of nitrogens with one attached hydrogen (secondary N) is 2. The monoisotopic (exact) mass is 201 g/mol. The van der Waals surface area contributed by atoms with Gasteiger partial charge in [-0.1, -0.05) is 5.21 Å². The lowest BCUT2D eigenvalue weighted by molar-refractivity contribution is 0.881. The standard InChI is InChI=1S/C8H7N7/c9-4-6-2-1-3-10-8(6)11-5-7-12-14-15-13-7/h1-3H,5H2,(H,10,11)(H,12,13,14,15). The fourth-order valence-electron chi connectivity index (χ4n) is 1.06. The van der Waals surface area contributed by atoms with Crippen LogP contribution in [-0.4, -0.2) is 25.6 Å². The van der Waals surface area contributed by atoms with Crippen molar-refractivity contribution in [1.82, 2.24) is 25.6 Å². The molecule has 74 valence electrons. The molecule has 0 bridgehead atoms. The zero-order valence-electron chi connectivity index (χ0n) is 7.68. The van der Waals surface area contributed by atoms with Crippen molar-refractivity contribution >= 4 is 5.82 Å². The van der Waals surface area contributed by atoms with E-state index in [1.165, 1.54) is 0 Å². The van der Waals surface area contributed by atoms with Gasteiger partial charge in [0.15, 0.2) is 5.82 Å². The fraction of sp³-hybridized carbons (Fsp3) is 0.125. The minimum absolute atomic E-state index is 0.377. The first-order chi connectivity index (χ1) is 7.40. The van der Waals surface area contributed by atoms with E-state index >= 15 is 0 Å². The van der Waals surface area contributed by atoms with E-state index in [-0.39, 0.29) is 0 Å². The summed E-state index contributed by atoms with van der Waals surface area (Å²) in [5.41, 5.74) is 0.487. The van der Waals surface area contributed by atoms with E-state index in [1.807, 2.05) is 6.07 Å². The highest BCUT2D eigenvalue weighted by molar-refractivity contribution is 5.50. The predicted octanol–water partition coefficient (Wildman–Crippen LogP) is 0.0785. The summed E-state index contributed by atoms with van der Waals surface area (Å²) in [7, 11) is 0. The van der Waals surface area contributed by atoms with E-state index in [2.05, 4.69) is 30.9 Å². The second-order valence-corrected chi connectivity index (χ2v) is 2.69. The Morgan fingerprint density at radius 1 is 1.53 bits per heavy atom. The van der Waals surface area contributed by atoms with E-state index < -0.39 is 0 Å². The Morgan fingerprint density at radius 2 is 2.47 bits per heavy atom. The van der Waals surface area contributed by atoms with Crippen molar-refractivity contribution in [2.45, 2.75) is 6.54 Å². The van der Waals surface area contributed by atoms with Crippen LogP contribution in [0.4, 0.5) is 5.82 Å². The van der Waals surface area contributed by atoms with Crippen molar-refractivity contribution in [3.05, 3.63) is 29.7 Å². The van der Waals surface area contributed by atoms with Gasteiger partial charge in [0.2, 0.25) is 0 Å². The van der Waals surface area contributed by atoms with E-state index in [9.17, 15) is 0 Å². The molecule has 7 heteroatoms. The highest BCUT2D eigenvalue weighted by Gasteiger charge is 2.03. The lowest BCUT2D eigenvalue weighted by Crippen LogP contribution is -2.04. The second kappa shape index (κ2) is 4.15. The molecular formula is C8H7N7. The van der Waals surface area contributed by atoms with Crippen molar-refractivity contribution in [1.29, 1.82) is 5.26 Å². The van der Waals surface area contributed by atoms with Crippen LogP contribution in [0.25, 0.3) is 0 Å². The molecule has 0 aromatic carbocycles. The van der Waals surface area contributed by atoms with Gasteiger partial charge in [0.1, 0.15) is 11.9 Å². The van der Waals surface area contributed by atoms with Gasteiger partial charge in [-0.15, -0.1) is 10.2 Å². The van der Waals surface area contributed by atoms with E-state index in [1.54, 1.807) is 18.3 Å². The van der Waals surface area contributed by atoms with Gasteiger partial charge in [-0.3, -0.25) is 0 Å². The maximum atomic E-state index is 8.80. The van der Waals surface area contributed by atoms with Gasteiger partial charge < -0.3 is 5.32 Å². The lowest BCUT2D eigenvalue weighted by Gasteiger charge is -2.02. The molecule has 2 aromatic rings. The van der Waals surface area contributed by atoms with Crippen LogP contribution in [0.5, 0.6) is 0 Å². The average Bonchev–Trinajstić information content (AvgIpc) is 2.79. The summed E-state index contributed by atoms with van der Waals surface area (Å²) in [6.07, 6.45) is 1.61. The Bertz CT molecular complexity index is 470. The third kappa shape index (κ3) is 2.05. The van der Waals surface area contributed by atoms with Crippen LogP contribution in [0.15, 0.2) is 18.3 Å². The zero-order valence-corrected chi connectivity index (χ0v) is 7.68. The van der Waals surface area contributed by atoms with Gasteiger partial charge in [-0.05, 0) is 12.1 Å². The van der Waals surface area contributed by atoms with Crippen molar-refractivity contribution in [2.75, 3.05) is 5.32 Å². The van der Waals surface area contributed by atoms with Gasteiger partial charge in [0, 0.05) is 6.20 Å². The Balaban J connectivity index is 2.08. The normalized spacial score (nSPS) is 9.53. The third-order valence-corrected chi connectivity index (χ3v) is 1.73. The summed E-state index contributed by atoms with van der Waals surface area (Å²) < 4.78 is 0. The van der Waals surface area contributed by atoms with Gasteiger partial charge >= 0.3 is 0 Å². The molecule has 0 saturated heterocycles. The summed E-state index contributed by atoms with van der Waals surface area (Å²) in [6, 6.07) is 5.43. The molecule has 2 rings (SSSR count). The highest BCUT2D eigenvalue weighted by Crippen LogP contribution is 2.09. The predicted molar refractivity (Wildman–Crippen MR) is 50.5 cm³/mol. The summed E-state index contributed by atoms with van der Waals surface area (Å²) in [4.78, 5) is 4.03. The minimum Gasteiger partial charge on any atom is -0.362 e. The molecule has 0 aliphatic carbocycles. The topological polar surface area (TPSA) is 103 Å². The highest BCUT2D eigenvalue weighted by atomic mass is 15.5. The second-order valence-electron chi connectivity index (χ2n) is 2.69. The molecule has 7 nitrogen and oxygen atoms in total. The first kappa shape index (κ1) is 9.08. The van der Waals surface area contributed by atoms with Gasteiger partial charge in [-0.25, -0.2) is 4.98 Å². The van der Waals surface area contributed by atoms with E-state index in [0.717, 1.165) is 0 Å². The van der Waals surface area contributed by atoms with E-state index in [4.69, 9.17) is 5.26 Å². The van der Waals surface area contributed by atoms with Crippen molar-refractivity contribution in [3.63, 3.8) is 0 Å². The first-order valence-corrected chi connectivity index (χ1v) is 4.21. The molecule has 0 unspecified atom stereocenters. The molecule has 15 heavy (non-hydrogen) atoms. The molecule has 0 radical (unpaired) electrons. The number of aromatic amines is 1. The number of nitrogens with zero attached hydrogens (tertiary/aromatic N) is 5. The lowest BCUT2D eigenvalue weighted by atomic mass is 10.3. The molecule has 2 heterocycles. The molecule has 0 aliphatic rings. The molecule has 0 spiro atoms. The van der Waals surface area contributed by atoms with Crippen molar-refractivity contribution < 1.29 is 0 Å². The Labute approximate surface area is 85.2 Å². The summed E-state index contributed by atoms with van der Waals surface area (Å²) in [5.74, 6) is 1.04. The molecule has 0 atom stereocenters. The number of nitriles is 1. The van der Waals surface area contributed by atoms with Gasteiger partial charge in [0.25, 0.3) is 0 Å². The number of H-pyrrole nitrogens is 1. The Morgan fingerprint density at radius 3 is 3.20 bits per heavy atom. The van der Waals surface area contributed by atoms with Crippen LogP contribution in [0.1, 0.15) is 11.4 Å². The van der Waals surface area contributed by atoms with Crippen LogP contribution in [0.3, 0.4) is 0 Å². The third-order valence-electron chi connectivity index (χ3n) is 1.73. The smallest absolute Gasteiger partial charge is 0.193 e. The van der Waals surface area contributed by atoms with Crippen LogP contribution in [0.2, 0.25) is 0 Å². The van der Waals surface area contributed by atoms with Gasteiger partial charge in [-0.2, -0.15) is 10.5 Å². The van der Waals surface area contributed by atoms with Crippen LogP contribution in [-0.2, 0) is 6.54 Å². The molecule has 2 N–H and O–H groups in total. The number of tetrazole rings is 1. The van der Waals surface area contributed by atoms with Gasteiger partial charge in [0.05, 0.1) is 12.1 Å². The zero-order chi connectivity index (χ0) is 10.5. The van der Waals surface area contributed by atoms with Crippen LogP contribution < -0.4 is 5.32 Å². The summed E-state index contributed by atoms with van der Waals surface area (Å²) in [6.45, 7) is 0.377. The first-order valence-electron chi connectivity index (χ1n) is 4.21. The maximum absolute atomic E-state index is 8.80. The maximum Gasteiger partial charge on any atom is 0.193 e. The molecular weight excluding hydrogens is 194 g/mol. The molecule has 0 amide bonds. The number of hydrogen-bond acceptors (Lipinski definition) is 6. The number of rotatable bonds is 3. The number of aromatic nitrogens is 5. The van der Waals surface area contributed by atoms with Crippen molar-refractivity contribution in [3.8, 4) is 6.07 Å². The minimum atomic E-state index is 0.377. The molecule has 0 fully saturated rings. The average molecular weight is 201 g/mol. The van der Waals surface area contributed by atoms with Crippen LogP contribution in [0, 0.1) is 11.3 Å².